The Kier molecular flexibility index (Phi) is 3.17. The molecule has 0 spiro atoms. The maximum Gasteiger partial charge on any atom is 0.131 e. The zero-order chi connectivity index (χ0) is 11.5. The van der Waals surface area contributed by atoms with E-state index < -0.39 is 0 Å². The third-order valence-electron chi connectivity index (χ3n) is 2.22. The SMILES string of the molecule is OCc1cncc(-c2cc(Cl)ccc2F)c1. The van der Waals surface area contributed by atoms with Gasteiger partial charge in [0.05, 0.1) is 6.61 Å². The number of hydrogen-bond acceptors (Lipinski definition) is 2. The van der Waals surface area contributed by atoms with Crippen LogP contribution in [0.15, 0.2) is 36.7 Å². The second-order valence-corrected chi connectivity index (χ2v) is 3.80. The summed E-state index contributed by atoms with van der Waals surface area (Å²) in [7, 11) is 0. The number of hydrogen-bond donors (Lipinski definition) is 1. The third-order valence-corrected chi connectivity index (χ3v) is 2.45. The summed E-state index contributed by atoms with van der Waals surface area (Å²) in [6.07, 6.45) is 3.07. The summed E-state index contributed by atoms with van der Waals surface area (Å²) in [6, 6.07) is 6.02. The van der Waals surface area contributed by atoms with Gasteiger partial charge in [0.25, 0.3) is 0 Å². The maximum atomic E-state index is 13.5. The Balaban J connectivity index is 2.53. The normalized spacial score (nSPS) is 10.4. The van der Waals surface area contributed by atoms with E-state index >= 15 is 0 Å². The first kappa shape index (κ1) is 11.0. The zero-order valence-corrected chi connectivity index (χ0v) is 9.08. The summed E-state index contributed by atoms with van der Waals surface area (Å²) in [6.45, 7) is -0.122. The Labute approximate surface area is 97.3 Å². The molecule has 0 bridgehead atoms. The van der Waals surface area contributed by atoms with E-state index in [9.17, 15) is 4.39 Å². The summed E-state index contributed by atoms with van der Waals surface area (Å²) in [5.74, 6) is -0.360. The molecule has 1 aromatic carbocycles. The quantitative estimate of drug-likeness (QED) is 0.871. The minimum atomic E-state index is -0.360. The van der Waals surface area contributed by atoms with Gasteiger partial charge in [0.15, 0.2) is 0 Å². The van der Waals surface area contributed by atoms with Crippen molar-refractivity contribution in [3.05, 3.63) is 53.1 Å². The van der Waals surface area contributed by atoms with E-state index in [4.69, 9.17) is 16.7 Å². The molecule has 0 aliphatic heterocycles. The van der Waals surface area contributed by atoms with Crippen LogP contribution in [-0.4, -0.2) is 10.1 Å². The first-order valence-corrected chi connectivity index (χ1v) is 5.08. The van der Waals surface area contributed by atoms with E-state index in [-0.39, 0.29) is 12.4 Å². The van der Waals surface area contributed by atoms with Crippen molar-refractivity contribution in [1.29, 1.82) is 0 Å². The number of halogens is 2. The monoisotopic (exact) mass is 237 g/mol. The van der Waals surface area contributed by atoms with Gasteiger partial charge in [0.1, 0.15) is 5.82 Å². The van der Waals surface area contributed by atoms with Gasteiger partial charge in [-0.05, 0) is 29.8 Å². The highest BCUT2D eigenvalue weighted by molar-refractivity contribution is 6.30. The van der Waals surface area contributed by atoms with Crippen molar-refractivity contribution in [1.82, 2.24) is 4.98 Å². The van der Waals surface area contributed by atoms with Gasteiger partial charge in [-0.2, -0.15) is 0 Å². The molecule has 16 heavy (non-hydrogen) atoms. The highest BCUT2D eigenvalue weighted by Crippen LogP contribution is 2.25. The van der Waals surface area contributed by atoms with E-state index in [1.807, 2.05) is 0 Å². The van der Waals surface area contributed by atoms with Crippen LogP contribution in [0.1, 0.15) is 5.56 Å². The van der Waals surface area contributed by atoms with Crippen LogP contribution in [0.2, 0.25) is 5.02 Å². The van der Waals surface area contributed by atoms with Crippen molar-refractivity contribution in [2.45, 2.75) is 6.61 Å². The van der Waals surface area contributed by atoms with E-state index in [0.717, 1.165) is 0 Å². The predicted molar refractivity (Wildman–Crippen MR) is 60.6 cm³/mol. The summed E-state index contributed by atoms with van der Waals surface area (Å²) >= 11 is 5.80. The van der Waals surface area contributed by atoms with Crippen molar-refractivity contribution in [3.63, 3.8) is 0 Å². The van der Waals surface area contributed by atoms with Crippen LogP contribution in [0.3, 0.4) is 0 Å². The molecule has 2 rings (SSSR count). The Bertz CT molecular complexity index is 516. The number of aromatic nitrogens is 1. The molecule has 0 saturated heterocycles. The summed E-state index contributed by atoms with van der Waals surface area (Å²) < 4.78 is 13.5. The van der Waals surface area contributed by atoms with E-state index in [0.29, 0.717) is 21.7 Å². The molecule has 0 aliphatic carbocycles. The fourth-order valence-corrected chi connectivity index (χ4v) is 1.61. The van der Waals surface area contributed by atoms with E-state index in [1.165, 1.54) is 30.6 Å². The molecule has 2 nitrogen and oxygen atoms in total. The largest absolute Gasteiger partial charge is 0.392 e. The summed E-state index contributed by atoms with van der Waals surface area (Å²) in [5, 5.41) is 9.44. The Morgan fingerprint density at radius 1 is 1.25 bits per heavy atom. The minimum absolute atomic E-state index is 0.122. The van der Waals surface area contributed by atoms with Gasteiger partial charge in [0, 0.05) is 28.5 Å². The highest BCUT2D eigenvalue weighted by Gasteiger charge is 2.06. The van der Waals surface area contributed by atoms with Crippen LogP contribution >= 0.6 is 11.6 Å². The van der Waals surface area contributed by atoms with Crippen LogP contribution in [0.5, 0.6) is 0 Å². The standard InChI is InChI=1S/C12H9ClFNO/c13-10-1-2-12(14)11(4-10)9-3-8(7-16)5-15-6-9/h1-6,16H,7H2. The molecule has 1 N–H and O–H groups in total. The van der Waals surface area contributed by atoms with Gasteiger partial charge in [-0.3, -0.25) is 4.98 Å². The van der Waals surface area contributed by atoms with Crippen LogP contribution in [0.25, 0.3) is 11.1 Å². The maximum absolute atomic E-state index is 13.5. The van der Waals surface area contributed by atoms with Crippen molar-refractivity contribution < 1.29 is 9.50 Å². The van der Waals surface area contributed by atoms with E-state index in [2.05, 4.69) is 4.98 Å². The first-order valence-electron chi connectivity index (χ1n) is 4.71. The van der Waals surface area contributed by atoms with Crippen molar-refractivity contribution >= 4 is 11.6 Å². The lowest BCUT2D eigenvalue weighted by Crippen LogP contribution is -1.89. The number of pyridine rings is 1. The van der Waals surface area contributed by atoms with Crippen LogP contribution < -0.4 is 0 Å². The minimum Gasteiger partial charge on any atom is -0.392 e. The average molecular weight is 238 g/mol. The molecule has 0 unspecified atom stereocenters. The number of benzene rings is 1. The number of aliphatic hydroxyl groups is 1. The lowest BCUT2D eigenvalue weighted by Gasteiger charge is -2.05. The second-order valence-electron chi connectivity index (χ2n) is 3.36. The van der Waals surface area contributed by atoms with Crippen molar-refractivity contribution in [2.75, 3.05) is 0 Å². The Morgan fingerprint density at radius 3 is 2.81 bits per heavy atom. The number of nitrogens with zero attached hydrogens (tertiary/aromatic N) is 1. The lowest BCUT2D eigenvalue weighted by atomic mass is 10.1. The first-order chi connectivity index (χ1) is 7.70. The molecule has 0 radical (unpaired) electrons. The van der Waals surface area contributed by atoms with Gasteiger partial charge in [0.2, 0.25) is 0 Å². The van der Waals surface area contributed by atoms with Crippen LogP contribution in [0.4, 0.5) is 4.39 Å². The molecule has 0 fully saturated rings. The van der Waals surface area contributed by atoms with Gasteiger partial charge in [-0.25, -0.2) is 4.39 Å². The molecule has 1 aromatic heterocycles. The molecule has 0 amide bonds. The van der Waals surface area contributed by atoms with Gasteiger partial charge < -0.3 is 5.11 Å². The molecule has 82 valence electrons. The third kappa shape index (κ3) is 2.21. The molecule has 2 aromatic rings. The second kappa shape index (κ2) is 4.60. The number of aliphatic hydroxyl groups excluding tert-OH is 1. The Hall–Kier alpha value is -1.45. The van der Waals surface area contributed by atoms with Crippen LogP contribution in [0, 0.1) is 5.82 Å². The summed E-state index contributed by atoms with van der Waals surface area (Å²) in [5.41, 5.74) is 1.62. The highest BCUT2D eigenvalue weighted by atomic mass is 35.5. The summed E-state index contributed by atoms with van der Waals surface area (Å²) in [4.78, 5) is 3.93. The molecule has 0 saturated carbocycles. The molecule has 4 heteroatoms. The van der Waals surface area contributed by atoms with Crippen molar-refractivity contribution in [2.24, 2.45) is 0 Å². The molecule has 1 heterocycles. The van der Waals surface area contributed by atoms with Gasteiger partial charge in [-0.1, -0.05) is 11.6 Å². The molecular weight excluding hydrogens is 229 g/mol. The average Bonchev–Trinajstić information content (AvgIpc) is 2.32. The fourth-order valence-electron chi connectivity index (χ4n) is 1.44. The van der Waals surface area contributed by atoms with Gasteiger partial charge in [-0.15, -0.1) is 0 Å². The molecule has 0 aliphatic rings. The smallest absolute Gasteiger partial charge is 0.131 e. The van der Waals surface area contributed by atoms with E-state index in [1.54, 1.807) is 6.07 Å². The van der Waals surface area contributed by atoms with Crippen LogP contribution in [-0.2, 0) is 6.61 Å². The molecular formula is C12H9ClFNO. The topological polar surface area (TPSA) is 33.1 Å². The fraction of sp³-hybridized carbons (Fsp3) is 0.0833. The lowest BCUT2D eigenvalue weighted by molar-refractivity contribution is 0.281. The number of rotatable bonds is 2. The Morgan fingerprint density at radius 2 is 2.06 bits per heavy atom. The zero-order valence-electron chi connectivity index (χ0n) is 8.32. The van der Waals surface area contributed by atoms with Gasteiger partial charge >= 0.3 is 0 Å². The molecule has 0 atom stereocenters. The predicted octanol–water partition coefficient (Wildman–Crippen LogP) is 3.03. The van der Waals surface area contributed by atoms with Crippen molar-refractivity contribution in [3.8, 4) is 11.1 Å².